The summed E-state index contributed by atoms with van der Waals surface area (Å²) in [6.45, 7) is 6.32. The fraction of sp³-hybridized carbons (Fsp3) is 0.389. The highest BCUT2D eigenvalue weighted by Crippen LogP contribution is 2.30. The van der Waals surface area contributed by atoms with Crippen LogP contribution in [-0.4, -0.2) is 32.5 Å². The normalized spacial score (nSPS) is 13.1. The summed E-state index contributed by atoms with van der Waals surface area (Å²) in [5, 5.41) is 11.8. The number of carbonyl (C=O) groups excluding carboxylic acids is 1. The van der Waals surface area contributed by atoms with E-state index in [-0.39, 0.29) is 23.7 Å². The van der Waals surface area contributed by atoms with E-state index in [0.717, 1.165) is 23.0 Å². The molecule has 1 amide bonds. The molecule has 0 fully saturated rings. The predicted molar refractivity (Wildman–Crippen MR) is 97.6 cm³/mol. The van der Waals surface area contributed by atoms with Crippen LogP contribution in [0.25, 0.3) is 11.4 Å². The highest BCUT2D eigenvalue weighted by Gasteiger charge is 2.22. The van der Waals surface area contributed by atoms with Crippen molar-refractivity contribution in [1.29, 1.82) is 0 Å². The van der Waals surface area contributed by atoms with Crippen LogP contribution in [0.15, 0.2) is 35.5 Å². The molecule has 2 rings (SSSR count). The Kier molecular flexibility index (Phi) is 6.44. The van der Waals surface area contributed by atoms with Crippen molar-refractivity contribution in [3.05, 3.63) is 30.3 Å². The lowest BCUT2D eigenvalue weighted by atomic mass is 10.2. The minimum Gasteiger partial charge on any atom is -0.344 e. The van der Waals surface area contributed by atoms with E-state index in [2.05, 4.69) is 39.8 Å². The van der Waals surface area contributed by atoms with Gasteiger partial charge in [0.2, 0.25) is 5.91 Å². The molecule has 24 heavy (non-hydrogen) atoms. The van der Waals surface area contributed by atoms with Crippen LogP contribution in [0, 0.1) is 12.3 Å². The standard InChI is InChI=1S/C18H22N4OS/c1-5-12-19-17(23)14(4)24-18-21-20-16(22(18)13(3)6-2)15-10-8-7-9-11-15/h1,7-11,13-14H,6,12H2,2-4H3,(H,19,23)/t13-,14+/m1/s1. The molecule has 0 aliphatic rings. The Morgan fingerprint density at radius 1 is 1.33 bits per heavy atom. The molecule has 6 heteroatoms. The SMILES string of the molecule is C#CCNC(=O)[C@H](C)Sc1nnc(-c2ccccc2)n1[C@H](C)CC. The molecule has 0 spiro atoms. The van der Waals surface area contributed by atoms with Crippen LogP contribution in [-0.2, 0) is 4.79 Å². The number of nitrogens with one attached hydrogen (secondary N) is 1. The first kappa shape index (κ1) is 18.1. The van der Waals surface area contributed by atoms with Gasteiger partial charge >= 0.3 is 0 Å². The number of nitrogens with zero attached hydrogens (tertiary/aromatic N) is 3. The van der Waals surface area contributed by atoms with Gasteiger partial charge in [-0.25, -0.2) is 0 Å². The number of hydrogen-bond acceptors (Lipinski definition) is 4. The monoisotopic (exact) mass is 342 g/mol. The Hall–Kier alpha value is -2.26. The molecule has 5 nitrogen and oxygen atoms in total. The molecule has 0 saturated heterocycles. The summed E-state index contributed by atoms with van der Waals surface area (Å²) < 4.78 is 2.10. The van der Waals surface area contributed by atoms with Gasteiger partial charge in [0.05, 0.1) is 11.8 Å². The average molecular weight is 342 g/mol. The third-order valence-electron chi connectivity index (χ3n) is 3.74. The Bertz CT molecular complexity index is 720. The van der Waals surface area contributed by atoms with Gasteiger partial charge in [0, 0.05) is 11.6 Å². The quantitative estimate of drug-likeness (QED) is 0.620. The van der Waals surface area contributed by atoms with E-state index in [0.29, 0.717) is 0 Å². The first-order valence-electron chi connectivity index (χ1n) is 7.96. The minimum absolute atomic E-state index is 0.0992. The highest BCUT2D eigenvalue weighted by molar-refractivity contribution is 8.00. The van der Waals surface area contributed by atoms with E-state index in [1.807, 2.05) is 37.3 Å². The van der Waals surface area contributed by atoms with Crippen molar-refractivity contribution in [3.8, 4) is 23.7 Å². The van der Waals surface area contributed by atoms with Gasteiger partial charge in [-0.15, -0.1) is 16.6 Å². The number of amides is 1. The van der Waals surface area contributed by atoms with Crippen LogP contribution >= 0.6 is 11.8 Å². The number of carbonyl (C=O) groups is 1. The van der Waals surface area contributed by atoms with Crippen molar-refractivity contribution < 1.29 is 4.79 Å². The van der Waals surface area contributed by atoms with Crippen molar-refractivity contribution in [1.82, 2.24) is 20.1 Å². The van der Waals surface area contributed by atoms with Gasteiger partial charge in [0.1, 0.15) is 0 Å². The lowest BCUT2D eigenvalue weighted by Gasteiger charge is -2.18. The van der Waals surface area contributed by atoms with Crippen molar-refractivity contribution in [2.24, 2.45) is 0 Å². The van der Waals surface area contributed by atoms with Gasteiger partial charge < -0.3 is 5.32 Å². The van der Waals surface area contributed by atoms with Gasteiger partial charge in [-0.3, -0.25) is 9.36 Å². The Morgan fingerprint density at radius 2 is 2.04 bits per heavy atom. The van der Waals surface area contributed by atoms with E-state index in [4.69, 9.17) is 6.42 Å². The van der Waals surface area contributed by atoms with E-state index < -0.39 is 0 Å². The summed E-state index contributed by atoms with van der Waals surface area (Å²) in [6, 6.07) is 10.2. The van der Waals surface area contributed by atoms with E-state index in [9.17, 15) is 4.79 Å². The molecule has 2 aromatic rings. The second-order valence-corrected chi connectivity index (χ2v) is 6.79. The van der Waals surface area contributed by atoms with Crippen molar-refractivity contribution in [2.45, 2.75) is 43.6 Å². The van der Waals surface area contributed by atoms with Gasteiger partial charge in [0.25, 0.3) is 0 Å². The maximum atomic E-state index is 12.0. The van der Waals surface area contributed by atoms with E-state index in [1.165, 1.54) is 11.8 Å². The molecule has 0 unspecified atom stereocenters. The van der Waals surface area contributed by atoms with Gasteiger partial charge in [-0.2, -0.15) is 0 Å². The summed E-state index contributed by atoms with van der Waals surface area (Å²) in [4.78, 5) is 12.0. The first-order valence-corrected chi connectivity index (χ1v) is 8.84. The molecule has 0 saturated carbocycles. The van der Waals surface area contributed by atoms with Crippen molar-refractivity contribution >= 4 is 17.7 Å². The zero-order valence-electron chi connectivity index (χ0n) is 14.2. The summed E-state index contributed by atoms with van der Waals surface area (Å²) in [7, 11) is 0. The number of benzene rings is 1. The van der Waals surface area contributed by atoms with Crippen LogP contribution in [0.2, 0.25) is 0 Å². The number of terminal acetylenes is 1. The van der Waals surface area contributed by atoms with E-state index in [1.54, 1.807) is 0 Å². The number of aromatic nitrogens is 3. The highest BCUT2D eigenvalue weighted by atomic mass is 32.2. The van der Waals surface area contributed by atoms with Crippen LogP contribution in [0.1, 0.15) is 33.2 Å². The lowest BCUT2D eigenvalue weighted by Crippen LogP contribution is -2.31. The summed E-state index contributed by atoms with van der Waals surface area (Å²) >= 11 is 1.40. The zero-order chi connectivity index (χ0) is 17.5. The largest absolute Gasteiger partial charge is 0.344 e. The zero-order valence-corrected chi connectivity index (χ0v) is 15.0. The van der Waals surface area contributed by atoms with Gasteiger partial charge in [-0.1, -0.05) is 54.9 Å². The molecule has 0 radical (unpaired) electrons. The molecule has 1 aromatic heterocycles. The molecule has 0 bridgehead atoms. The maximum Gasteiger partial charge on any atom is 0.234 e. The van der Waals surface area contributed by atoms with Gasteiger partial charge in [-0.05, 0) is 20.3 Å². The second-order valence-electron chi connectivity index (χ2n) is 5.48. The third kappa shape index (κ3) is 4.18. The summed E-state index contributed by atoms with van der Waals surface area (Å²) in [5.41, 5.74) is 1.02. The summed E-state index contributed by atoms with van der Waals surface area (Å²) in [6.07, 6.45) is 6.13. The number of thioether (sulfide) groups is 1. The number of hydrogen-bond donors (Lipinski definition) is 1. The lowest BCUT2D eigenvalue weighted by molar-refractivity contribution is -0.120. The third-order valence-corrected chi connectivity index (χ3v) is 4.80. The van der Waals surface area contributed by atoms with Gasteiger partial charge in [0.15, 0.2) is 11.0 Å². The molecule has 0 aliphatic carbocycles. The van der Waals surface area contributed by atoms with Crippen molar-refractivity contribution in [2.75, 3.05) is 6.54 Å². The molecular weight excluding hydrogens is 320 g/mol. The topological polar surface area (TPSA) is 59.8 Å². The molecule has 1 heterocycles. The number of rotatable bonds is 7. The fourth-order valence-electron chi connectivity index (χ4n) is 2.21. The predicted octanol–water partition coefficient (Wildman–Crippen LogP) is 3.15. The molecule has 1 aromatic carbocycles. The average Bonchev–Trinajstić information content (AvgIpc) is 3.03. The fourth-order valence-corrected chi connectivity index (χ4v) is 3.19. The van der Waals surface area contributed by atoms with Crippen LogP contribution in [0.3, 0.4) is 0 Å². The van der Waals surface area contributed by atoms with Crippen LogP contribution in [0.5, 0.6) is 0 Å². The maximum absolute atomic E-state index is 12.0. The minimum atomic E-state index is -0.297. The van der Waals surface area contributed by atoms with E-state index >= 15 is 0 Å². The first-order chi connectivity index (χ1) is 11.6. The van der Waals surface area contributed by atoms with Crippen LogP contribution in [0.4, 0.5) is 0 Å². The molecule has 2 atom stereocenters. The van der Waals surface area contributed by atoms with Crippen molar-refractivity contribution in [3.63, 3.8) is 0 Å². The molecule has 1 N–H and O–H groups in total. The van der Waals surface area contributed by atoms with Crippen LogP contribution < -0.4 is 5.32 Å². The molecular formula is C18H22N4OS. The molecule has 126 valence electrons. The second kappa shape index (κ2) is 8.55. The summed E-state index contributed by atoms with van der Waals surface area (Å²) in [5.74, 6) is 3.13. The Balaban J connectivity index is 2.29. The smallest absolute Gasteiger partial charge is 0.234 e. The Labute approximate surface area is 147 Å². The Morgan fingerprint density at radius 3 is 2.67 bits per heavy atom. The molecule has 0 aliphatic heterocycles.